The molecule has 0 bridgehead atoms. The van der Waals surface area contributed by atoms with E-state index in [4.69, 9.17) is 9.47 Å². The first kappa shape index (κ1) is 11.9. The topological polar surface area (TPSA) is 31.4 Å². The van der Waals surface area contributed by atoms with Crippen LogP contribution in [0, 0.1) is 0 Å². The van der Waals surface area contributed by atoms with E-state index in [0.717, 1.165) is 22.0 Å². The summed E-state index contributed by atoms with van der Waals surface area (Å²) in [5.41, 5.74) is 0.984. The maximum absolute atomic E-state index is 5.65. The maximum atomic E-state index is 5.65. The highest BCUT2D eigenvalue weighted by atomic mass is 16.5. The molecular formula is C16H15NO2. The first-order valence-corrected chi connectivity index (χ1v) is 6.28. The van der Waals surface area contributed by atoms with E-state index in [1.54, 1.807) is 7.11 Å². The summed E-state index contributed by atoms with van der Waals surface area (Å²) in [7, 11) is 1.67. The third kappa shape index (κ3) is 2.37. The van der Waals surface area contributed by atoms with Gasteiger partial charge in [-0.15, -0.1) is 0 Å². The average Bonchev–Trinajstić information content (AvgIpc) is 2.47. The molecule has 0 fully saturated rings. The second-order valence-electron chi connectivity index (χ2n) is 4.37. The van der Waals surface area contributed by atoms with Gasteiger partial charge in [0.05, 0.1) is 12.1 Å². The highest BCUT2D eigenvalue weighted by Gasteiger charge is 2.03. The molecule has 0 spiro atoms. The minimum Gasteiger partial charge on any atom is -0.491 e. The lowest BCUT2D eigenvalue weighted by molar-refractivity contribution is 0.146. The Balaban J connectivity index is 2.07. The number of hydrogen-bond acceptors (Lipinski definition) is 3. The lowest BCUT2D eigenvalue weighted by Crippen LogP contribution is -2.04. The third-order valence-electron chi connectivity index (χ3n) is 3.12. The standard InChI is InChI=1S/C16H15NO2/c1-18-8-9-19-13-6-7-16-15(10-13)14-5-3-2-4-12(14)11-17-16/h2-7,10-11H,8-9H2,1H3. The van der Waals surface area contributed by atoms with Gasteiger partial charge in [-0.3, -0.25) is 4.98 Å². The number of benzene rings is 2. The van der Waals surface area contributed by atoms with E-state index in [1.807, 2.05) is 36.5 Å². The van der Waals surface area contributed by atoms with Gasteiger partial charge in [-0.2, -0.15) is 0 Å². The van der Waals surface area contributed by atoms with Crippen LogP contribution in [0.3, 0.4) is 0 Å². The molecule has 1 heterocycles. The van der Waals surface area contributed by atoms with Gasteiger partial charge in [0, 0.05) is 24.1 Å². The summed E-state index contributed by atoms with van der Waals surface area (Å²) in [5.74, 6) is 0.850. The molecule has 0 saturated heterocycles. The van der Waals surface area contributed by atoms with E-state index in [2.05, 4.69) is 17.1 Å². The first-order valence-electron chi connectivity index (χ1n) is 6.28. The van der Waals surface area contributed by atoms with E-state index >= 15 is 0 Å². The van der Waals surface area contributed by atoms with Crippen molar-refractivity contribution >= 4 is 21.7 Å². The predicted octanol–water partition coefficient (Wildman–Crippen LogP) is 3.41. The van der Waals surface area contributed by atoms with Gasteiger partial charge in [-0.25, -0.2) is 0 Å². The van der Waals surface area contributed by atoms with Gasteiger partial charge in [0.25, 0.3) is 0 Å². The zero-order valence-electron chi connectivity index (χ0n) is 10.8. The monoisotopic (exact) mass is 253 g/mol. The van der Waals surface area contributed by atoms with Crippen LogP contribution in [0.25, 0.3) is 21.7 Å². The van der Waals surface area contributed by atoms with Crippen LogP contribution in [0.2, 0.25) is 0 Å². The third-order valence-corrected chi connectivity index (χ3v) is 3.12. The fourth-order valence-corrected chi connectivity index (χ4v) is 2.17. The van der Waals surface area contributed by atoms with Crippen LogP contribution >= 0.6 is 0 Å². The second kappa shape index (κ2) is 5.24. The molecule has 3 aromatic rings. The average molecular weight is 253 g/mol. The molecule has 3 nitrogen and oxygen atoms in total. The van der Waals surface area contributed by atoms with Crippen molar-refractivity contribution in [2.75, 3.05) is 20.3 Å². The number of rotatable bonds is 4. The predicted molar refractivity (Wildman–Crippen MR) is 76.6 cm³/mol. The molecule has 0 aliphatic heterocycles. The smallest absolute Gasteiger partial charge is 0.120 e. The Hall–Kier alpha value is -2.13. The van der Waals surface area contributed by atoms with Crippen molar-refractivity contribution in [3.8, 4) is 5.75 Å². The number of ether oxygens (including phenoxy) is 2. The number of fused-ring (bicyclic) bond motifs is 3. The highest BCUT2D eigenvalue weighted by Crippen LogP contribution is 2.26. The number of aromatic nitrogens is 1. The first-order chi connectivity index (χ1) is 9.38. The molecule has 0 N–H and O–H groups in total. The molecule has 0 radical (unpaired) electrons. The zero-order chi connectivity index (χ0) is 13.1. The Labute approximate surface area is 111 Å². The number of methoxy groups -OCH3 is 1. The van der Waals surface area contributed by atoms with Gasteiger partial charge in [0.2, 0.25) is 0 Å². The van der Waals surface area contributed by atoms with Crippen LogP contribution in [0.4, 0.5) is 0 Å². The molecule has 3 heteroatoms. The van der Waals surface area contributed by atoms with E-state index in [-0.39, 0.29) is 0 Å². The molecule has 1 aromatic heterocycles. The summed E-state index contributed by atoms with van der Waals surface area (Å²) in [4.78, 5) is 4.47. The van der Waals surface area contributed by atoms with E-state index < -0.39 is 0 Å². The summed E-state index contributed by atoms with van der Waals surface area (Å²) < 4.78 is 10.6. The Kier molecular flexibility index (Phi) is 3.29. The van der Waals surface area contributed by atoms with E-state index in [0.29, 0.717) is 13.2 Å². The Morgan fingerprint density at radius 3 is 2.79 bits per heavy atom. The van der Waals surface area contributed by atoms with Crippen molar-refractivity contribution in [1.82, 2.24) is 4.98 Å². The Bertz CT molecular complexity index is 709. The largest absolute Gasteiger partial charge is 0.491 e. The van der Waals surface area contributed by atoms with E-state index in [9.17, 15) is 0 Å². The van der Waals surface area contributed by atoms with Crippen LogP contribution in [0.15, 0.2) is 48.7 Å². The molecule has 0 aliphatic carbocycles. The Morgan fingerprint density at radius 2 is 1.89 bits per heavy atom. The molecule has 96 valence electrons. The molecule has 0 saturated carbocycles. The van der Waals surface area contributed by atoms with Crippen molar-refractivity contribution < 1.29 is 9.47 Å². The lowest BCUT2D eigenvalue weighted by atomic mass is 10.1. The highest BCUT2D eigenvalue weighted by molar-refractivity contribution is 6.05. The number of nitrogens with zero attached hydrogens (tertiary/aromatic N) is 1. The summed E-state index contributed by atoms with van der Waals surface area (Å²) in [6, 6.07) is 14.2. The van der Waals surface area contributed by atoms with Gasteiger partial charge in [-0.05, 0) is 23.6 Å². The fraction of sp³-hybridized carbons (Fsp3) is 0.188. The van der Waals surface area contributed by atoms with Crippen molar-refractivity contribution in [3.63, 3.8) is 0 Å². The summed E-state index contributed by atoms with van der Waals surface area (Å²) >= 11 is 0. The summed E-state index contributed by atoms with van der Waals surface area (Å²) in [6.45, 7) is 1.14. The molecular weight excluding hydrogens is 238 g/mol. The van der Waals surface area contributed by atoms with Crippen molar-refractivity contribution in [1.29, 1.82) is 0 Å². The molecule has 0 unspecified atom stereocenters. The molecule has 3 rings (SSSR count). The van der Waals surface area contributed by atoms with Crippen molar-refractivity contribution in [2.24, 2.45) is 0 Å². The Morgan fingerprint density at radius 1 is 1.00 bits per heavy atom. The van der Waals surface area contributed by atoms with Gasteiger partial charge in [0.15, 0.2) is 0 Å². The fourth-order valence-electron chi connectivity index (χ4n) is 2.17. The zero-order valence-corrected chi connectivity index (χ0v) is 10.8. The SMILES string of the molecule is COCCOc1ccc2ncc3ccccc3c2c1. The molecule has 0 aliphatic rings. The minimum atomic E-state index is 0.556. The summed E-state index contributed by atoms with van der Waals surface area (Å²) in [5, 5.41) is 3.46. The van der Waals surface area contributed by atoms with Gasteiger partial charge >= 0.3 is 0 Å². The molecule has 2 aromatic carbocycles. The quantitative estimate of drug-likeness (QED) is 0.527. The van der Waals surface area contributed by atoms with Crippen LogP contribution in [0.5, 0.6) is 5.75 Å². The summed E-state index contributed by atoms with van der Waals surface area (Å²) in [6.07, 6.45) is 1.91. The van der Waals surface area contributed by atoms with Gasteiger partial charge in [0.1, 0.15) is 12.4 Å². The second-order valence-corrected chi connectivity index (χ2v) is 4.37. The number of hydrogen-bond donors (Lipinski definition) is 0. The van der Waals surface area contributed by atoms with Gasteiger partial charge < -0.3 is 9.47 Å². The van der Waals surface area contributed by atoms with Crippen LogP contribution in [-0.2, 0) is 4.74 Å². The molecule has 0 atom stereocenters. The maximum Gasteiger partial charge on any atom is 0.120 e. The van der Waals surface area contributed by atoms with Crippen LogP contribution in [0.1, 0.15) is 0 Å². The van der Waals surface area contributed by atoms with E-state index in [1.165, 1.54) is 5.39 Å². The van der Waals surface area contributed by atoms with Crippen LogP contribution in [-0.4, -0.2) is 25.3 Å². The molecule has 19 heavy (non-hydrogen) atoms. The number of pyridine rings is 1. The lowest BCUT2D eigenvalue weighted by Gasteiger charge is -2.08. The normalized spacial score (nSPS) is 11.0. The van der Waals surface area contributed by atoms with Crippen molar-refractivity contribution in [3.05, 3.63) is 48.7 Å². The minimum absolute atomic E-state index is 0.556. The van der Waals surface area contributed by atoms with Crippen molar-refractivity contribution in [2.45, 2.75) is 0 Å². The van der Waals surface area contributed by atoms with Crippen LogP contribution < -0.4 is 4.74 Å². The van der Waals surface area contributed by atoms with Gasteiger partial charge in [-0.1, -0.05) is 24.3 Å². The molecule has 0 amide bonds.